The number of oxazole rings is 1. The van der Waals surface area contributed by atoms with E-state index in [1.54, 1.807) is 13.8 Å². The first-order chi connectivity index (χ1) is 23.2. The summed E-state index contributed by atoms with van der Waals surface area (Å²) in [5.41, 5.74) is 3.66. The highest BCUT2D eigenvalue weighted by molar-refractivity contribution is 6.07. The highest BCUT2D eigenvalue weighted by Crippen LogP contribution is 2.39. The van der Waals surface area contributed by atoms with Gasteiger partial charge in [-0.3, -0.25) is 28.8 Å². The Morgan fingerprint density at radius 1 is 1.18 bits per heavy atom. The maximum Gasteiger partial charge on any atom is 0.416 e. The number of rotatable bonds is 10. The van der Waals surface area contributed by atoms with Crippen molar-refractivity contribution in [3.8, 4) is 11.5 Å². The van der Waals surface area contributed by atoms with E-state index in [1.807, 2.05) is 0 Å². The predicted octanol–water partition coefficient (Wildman–Crippen LogP) is 4.58. The second kappa shape index (κ2) is 14.6. The molecule has 270 valence electrons. The minimum Gasteiger partial charge on any atom is -0.481 e. The summed E-state index contributed by atoms with van der Waals surface area (Å²) >= 11 is 0. The lowest BCUT2D eigenvalue weighted by Crippen LogP contribution is -2.42. The molecule has 19 heteroatoms. The average Bonchev–Trinajstić information content (AvgIpc) is 3.66. The largest absolute Gasteiger partial charge is 0.481 e. The predicted molar refractivity (Wildman–Crippen MR) is 167 cm³/mol. The van der Waals surface area contributed by atoms with Gasteiger partial charge in [-0.1, -0.05) is 0 Å². The molecule has 3 aromatic rings. The summed E-state index contributed by atoms with van der Waals surface area (Å²) in [6.45, 7) is 6.06. The number of aliphatic carboxylic acids is 1. The second-order valence-corrected chi connectivity index (χ2v) is 12.8. The number of carbonyl (C=O) groups is 5. The van der Waals surface area contributed by atoms with Gasteiger partial charge in [0.25, 0.3) is 11.8 Å². The fraction of sp³-hybridized carbons (Fsp3) is 0.484. The Labute approximate surface area is 283 Å². The summed E-state index contributed by atoms with van der Waals surface area (Å²) in [5, 5.41) is 16.2. The molecule has 1 aliphatic carbocycles. The Morgan fingerprint density at radius 2 is 1.88 bits per heavy atom. The first-order valence-corrected chi connectivity index (χ1v) is 15.3. The normalized spacial score (nSPS) is 18.0. The zero-order valence-electron chi connectivity index (χ0n) is 27.7. The van der Waals surface area contributed by atoms with Crippen LogP contribution in [0.15, 0.2) is 35.2 Å². The number of carboxylic acids is 1. The van der Waals surface area contributed by atoms with Crippen LogP contribution in [0.1, 0.15) is 80.9 Å². The van der Waals surface area contributed by atoms with Gasteiger partial charge in [-0.25, -0.2) is 14.8 Å². The second-order valence-electron chi connectivity index (χ2n) is 12.8. The number of nitrogens with two attached hydrogens (primary N) is 1. The lowest BCUT2D eigenvalue weighted by atomic mass is 9.78. The van der Waals surface area contributed by atoms with E-state index in [1.165, 1.54) is 37.7 Å². The van der Waals surface area contributed by atoms with Crippen molar-refractivity contribution in [2.45, 2.75) is 77.8 Å². The molecule has 0 aromatic carbocycles. The molecule has 1 fully saturated rings. The van der Waals surface area contributed by atoms with E-state index in [9.17, 15) is 42.3 Å². The van der Waals surface area contributed by atoms with Crippen LogP contribution >= 0.6 is 0 Å². The van der Waals surface area contributed by atoms with E-state index in [4.69, 9.17) is 19.6 Å². The van der Waals surface area contributed by atoms with E-state index in [0.29, 0.717) is 4.90 Å². The Morgan fingerprint density at radius 3 is 2.48 bits per heavy atom. The van der Waals surface area contributed by atoms with Gasteiger partial charge in [0.2, 0.25) is 5.89 Å². The molecule has 16 nitrogen and oxygen atoms in total. The summed E-state index contributed by atoms with van der Waals surface area (Å²) in [4.78, 5) is 71.1. The molecule has 0 bridgehead atoms. The van der Waals surface area contributed by atoms with Crippen molar-refractivity contribution >= 4 is 41.4 Å². The lowest BCUT2D eigenvalue weighted by Gasteiger charge is -2.33. The number of anilines is 2. The number of halogens is 3. The third-order valence-corrected chi connectivity index (χ3v) is 7.33. The molecule has 1 saturated carbocycles. The SMILES string of the molecule is CC(C)OC(=O)C1CC(C(=O)O)CCC1n1cc(NC(=O)c2coc(-c3ccnc(N(CC(F)(F)F)C(=O)OC(C)(C)C)c3)n2)c(C(N)=O)n1. The molecular weight excluding hydrogens is 671 g/mol. The number of carboxylic acid groups (broad SMARTS) is 1. The van der Waals surface area contributed by atoms with Crippen molar-refractivity contribution in [3.63, 3.8) is 0 Å². The number of carbonyl (C=O) groups excluding carboxylic acids is 4. The van der Waals surface area contributed by atoms with Crippen LogP contribution in [0.2, 0.25) is 0 Å². The number of amides is 3. The van der Waals surface area contributed by atoms with Crippen LogP contribution in [0, 0.1) is 11.8 Å². The number of hydrogen-bond donors (Lipinski definition) is 3. The molecule has 1 aliphatic rings. The van der Waals surface area contributed by atoms with Crippen LogP contribution in [0.25, 0.3) is 11.5 Å². The number of alkyl halides is 3. The lowest BCUT2D eigenvalue weighted by molar-refractivity contribution is -0.158. The maximum absolute atomic E-state index is 13.4. The third kappa shape index (κ3) is 9.35. The van der Waals surface area contributed by atoms with Crippen molar-refractivity contribution in [1.82, 2.24) is 19.7 Å². The first kappa shape index (κ1) is 37.3. The van der Waals surface area contributed by atoms with Crippen molar-refractivity contribution in [1.29, 1.82) is 0 Å². The number of ether oxygens (including phenoxy) is 2. The molecule has 3 unspecified atom stereocenters. The van der Waals surface area contributed by atoms with Gasteiger partial charge in [0, 0.05) is 18.0 Å². The monoisotopic (exact) mass is 707 g/mol. The standard InChI is InChI=1S/C31H36F3N7O9/c1-15(2)49-28(46)18-10-17(27(44)45)6-7-21(18)41-12-19(23(39-41)24(35)42)37-25(43)20-13-48-26(38-20)16-8-9-36-22(11-16)40(14-31(32,33)34)29(47)50-30(3,4)5/h8-9,11-13,15,17-18,21H,6-7,10,14H2,1-5H3,(H2,35,42)(H,37,43)(H,44,45). The van der Waals surface area contributed by atoms with Gasteiger partial charge < -0.3 is 30.0 Å². The van der Waals surface area contributed by atoms with Gasteiger partial charge >= 0.3 is 24.2 Å². The summed E-state index contributed by atoms with van der Waals surface area (Å²) in [5.74, 6) is -5.99. The minimum absolute atomic E-state index is 0.0385. The van der Waals surface area contributed by atoms with Crippen molar-refractivity contribution in [3.05, 3.63) is 42.2 Å². The summed E-state index contributed by atoms with van der Waals surface area (Å²) in [6, 6.07) is 1.70. The molecule has 0 saturated heterocycles. The zero-order chi connectivity index (χ0) is 37.1. The van der Waals surface area contributed by atoms with E-state index >= 15 is 0 Å². The highest BCUT2D eigenvalue weighted by Gasteiger charge is 2.41. The fourth-order valence-corrected chi connectivity index (χ4v) is 5.23. The van der Waals surface area contributed by atoms with Gasteiger partial charge in [0.15, 0.2) is 11.4 Å². The quantitative estimate of drug-likeness (QED) is 0.246. The van der Waals surface area contributed by atoms with Crippen LogP contribution in [0.3, 0.4) is 0 Å². The third-order valence-electron chi connectivity index (χ3n) is 7.33. The van der Waals surface area contributed by atoms with Crippen molar-refractivity contribution in [2.75, 3.05) is 16.8 Å². The zero-order valence-corrected chi connectivity index (χ0v) is 27.7. The molecule has 0 spiro atoms. The number of nitrogens with one attached hydrogen (secondary N) is 1. The molecule has 4 rings (SSSR count). The van der Waals surface area contributed by atoms with Crippen LogP contribution in [-0.4, -0.2) is 79.1 Å². The molecule has 0 aliphatic heterocycles. The number of pyridine rings is 1. The number of hydrogen-bond acceptors (Lipinski definition) is 11. The number of nitrogens with zero attached hydrogens (tertiary/aromatic N) is 5. The Hall–Kier alpha value is -5.49. The average molecular weight is 708 g/mol. The van der Waals surface area contributed by atoms with Crippen molar-refractivity contribution in [2.24, 2.45) is 17.6 Å². The van der Waals surface area contributed by atoms with E-state index < -0.39 is 78.0 Å². The highest BCUT2D eigenvalue weighted by atomic mass is 19.4. The molecule has 3 aromatic heterocycles. The summed E-state index contributed by atoms with van der Waals surface area (Å²) in [6.07, 6.45) is -2.86. The number of esters is 1. The van der Waals surface area contributed by atoms with Gasteiger partial charge in [0.05, 0.1) is 29.7 Å². The molecule has 0 radical (unpaired) electrons. The van der Waals surface area contributed by atoms with Gasteiger partial charge in [-0.05, 0) is 66.0 Å². The van der Waals surface area contributed by atoms with Gasteiger partial charge in [-0.2, -0.15) is 18.3 Å². The maximum atomic E-state index is 13.4. The van der Waals surface area contributed by atoms with Crippen LogP contribution in [-0.2, 0) is 19.1 Å². The summed E-state index contributed by atoms with van der Waals surface area (Å²) in [7, 11) is 0. The molecule has 3 heterocycles. The summed E-state index contributed by atoms with van der Waals surface area (Å²) < 4.78 is 57.3. The Bertz CT molecular complexity index is 1760. The molecule has 3 atom stereocenters. The first-order valence-electron chi connectivity index (χ1n) is 15.3. The fourth-order valence-electron chi connectivity index (χ4n) is 5.23. The van der Waals surface area contributed by atoms with E-state index in [2.05, 4.69) is 20.4 Å². The minimum atomic E-state index is -4.80. The topological polar surface area (TPSA) is 222 Å². The van der Waals surface area contributed by atoms with Crippen molar-refractivity contribution < 1.29 is 56.1 Å². The van der Waals surface area contributed by atoms with E-state index in [0.717, 1.165) is 18.5 Å². The Kier molecular flexibility index (Phi) is 10.9. The van der Waals surface area contributed by atoms with E-state index in [-0.39, 0.29) is 47.8 Å². The van der Waals surface area contributed by atoms with Gasteiger partial charge in [-0.15, -0.1) is 0 Å². The molecule has 3 amide bonds. The number of aromatic nitrogens is 4. The molecule has 4 N–H and O–H groups in total. The van der Waals surface area contributed by atoms with Gasteiger partial charge in [0.1, 0.15) is 24.2 Å². The molecular formula is C31H36F3N7O9. The smallest absolute Gasteiger partial charge is 0.416 e. The Balaban J connectivity index is 1.58. The molecule has 50 heavy (non-hydrogen) atoms. The van der Waals surface area contributed by atoms with Crippen LogP contribution in [0.5, 0.6) is 0 Å². The number of primary amides is 1. The van der Waals surface area contributed by atoms with Crippen LogP contribution < -0.4 is 16.0 Å². The van der Waals surface area contributed by atoms with Crippen LogP contribution in [0.4, 0.5) is 29.5 Å².